The molecule has 0 spiro atoms. The molecule has 0 fully saturated rings. The molecule has 1 unspecified atom stereocenters. The van der Waals surface area contributed by atoms with Gasteiger partial charge in [-0.3, -0.25) is 4.98 Å². The summed E-state index contributed by atoms with van der Waals surface area (Å²) < 4.78 is 0. The van der Waals surface area contributed by atoms with E-state index in [-0.39, 0.29) is 0 Å². The Morgan fingerprint density at radius 2 is 1.94 bits per heavy atom. The van der Waals surface area contributed by atoms with Gasteiger partial charge in [0.2, 0.25) is 0 Å². The molecule has 17 heavy (non-hydrogen) atoms. The van der Waals surface area contributed by atoms with Crippen molar-refractivity contribution in [2.75, 3.05) is 0 Å². The molecule has 0 radical (unpaired) electrons. The molecule has 0 saturated heterocycles. The first-order chi connectivity index (χ1) is 8.01. The molecule has 1 aromatic heterocycles. The number of pyridine rings is 1. The Morgan fingerprint density at radius 1 is 1.18 bits per heavy atom. The van der Waals surface area contributed by atoms with E-state index in [4.69, 9.17) is 0 Å². The van der Waals surface area contributed by atoms with Gasteiger partial charge in [-0.25, -0.2) is 0 Å². The lowest BCUT2D eigenvalue weighted by Gasteiger charge is -2.26. The lowest BCUT2D eigenvalue weighted by Crippen LogP contribution is -2.24. The van der Waals surface area contributed by atoms with Gasteiger partial charge in [0, 0.05) is 18.0 Å². The molecule has 1 N–H and O–H groups in total. The van der Waals surface area contributed by atoms with Crippen LogP contribution in [0.5, 0.6) is 0 Å². The van der Waals surface area contributed by atoms with Gasteiger partial charge >= 0.3 is 0 Å². The lowest BCUT2D eigenvalue weighted by atomic mass is 9.85. The van der Waals surface area contributed by atoms with Gasteiger partial charge in [0.1, 0.15) is 5.60 Å². The highest BCUT2D eigenvalue weighted by Gasteiger charge is 2.27. The molecule has 1 aromatic carbocycles. The molecule has 2 aromatic rings. The number of aromatic nitrogens is 1. The van der Waals surface area contributed by atoms with Crippen molar-refractivity contribution in [1.82, 2.24) is 4.98 Å². The number of benzene rings is 1. The predicted molar refractivity (Wildman–Crippen MR) is 68.8 cm³/mol. The molecule has 2 heteroatoms. The summed E-state index contributed by atoms with van der Waals surface area (Å²) in [5.41, 5.74) is 2.99. The standard InChI is InChI=1S/C15H17NO/c1-11-6-7-12(2)14(9-11)15(3,17)13-5-4-8-16-10-13/h4-10,17H,1-3H3. The Labute approximate surface area is 102 Å². The van der Waals surface area contributed by atoms with Crippen molar-refractivity contribution in [2.45, 2.75) is 26.4 Å². The van der Waals surface area contributed by atoms with Crippen molar-refractivity contribution in [3.63, 3.8) is 0 Å². The van der Waals surface area contributed by atoms with E-state index < -0.39 is 5.60 Å². The monoisotopic (exact) mass is 227 g/mol. The van der Waals surface area contributed by atoms with E-state index in [1.54, 1.807) is 12.4 Å². The van der Waals surface area contributed by atoms with Gasteiger partial charge < -0.3 is 5.11 Å². The van der Waals surface area contributed by atoms with E-state index in [2.05, 4.69) is 11.1 Å². The van der Waals surface area contributed by atoms with E-state index in [1.807, 2.05) is 45.0 Å². The molecule has 0 saturated carbocycles. The van der Waals surface area contributed by atoms with Crippen molar-refractivity contribution in [3.05, 3.63) is 65.0 Å². The highest BCUT2D eigenvalue weighted by Crippen LogP contribution is 2.31. The van der Waals surface area contributed by atoms with Crippen LogP contribution in [0.15, 0.2) is 42.7 Å². The minimum absolute atomic E-state index is 0.814. The van der Waals surface area contributed by atoms with Crippen LogP contribution in [0.1, 0.15) is 29.2 Å². The van der Waals surface area contributed by atoms with E-state index in [1.165, 1.54) is 0 Å². The molecule has 0 amide bonds. The molecule has 2 nitrogen and oxygen atoms in total. The summed E-state index contributed by atoms with van der Waals surface area (Å²) in [4.78, 5) is 4.07. The predicted octanol–water partition coefficient (Wildman–Crippen LogP) is 2.95. The van der Waals surface area contributed by atoms with Crippen molar-refractivity contribution < 1.29 is 5.11 Å². The fourth-order valence-electron chi connectivity index (χ4n) is 2.07. The van der Waals surface area contributed by atoms with E-state index in [0.717, 1.165) is 22.3 Å². The fraction of sp³-hybridized carbons (Fsp3) is 0.267. The van der Waals surface area contributed by atoms with Crippen LogP contribution in [0.25, 0.3) is 0 Å². The molecular formula is C15H17NO. The minimum atomic E-state index is -0.996. The summed E-state index contributed by atoms with van der Waals surface area (Å²) in [5, 5.41) is 10.7. The number of nitrogens with zero attached hydrogens (tertiary/aromatic N) is 1. The van der Waals surface area contributed by atoms with Gasteiger partial charge in [-0.15, -0.1) is 0 Å². The number of hydrogen-bond acceptors (Lipinski definition) is 2. The third kappa shape index (κ3) is 2.22. The Bertz CT molecular complexity index is 518. The van der Waals surface area contributed by atoms with Crippen LogP contribution in [0, 0.1) is 13.8 Å². The van der Waals surface area contributed by atoms with Gasteiger partial charge in [-0.1, -0.05) is 29.8 Å². The summed E-state index contributed by atoms with van der Waals surface area (Å²) in [6.07, 6.45) is 3.42. The molecule has 0 bridgehead atoms. The second-order valence-electron chi connectivity index (χ2n) is 4.63. The largest absolute Gasteiger partial charge is 0.381 e. The van der Waals surface area contributed by atoms with Gasteiger partial charge in [0.15, 0.2) is 0 Å². The zero-order valence-corrected chi connectivity index (χ0v) is 10.4. The molecule has 1 heterocycles. The molecule has 1 atom stereocenters. The smallest absolute Gasteiger partial charge is 0.114 e. The molecule has 88 valence electrons. The van der Waals surface area contributed by atoms with Crippen LogP contribution in [0.3, 0.4) is 0 Å². The van der Waals surface area contributed by atoms with Crippen LogP contribution in [0.2, 0.25) is 0 Å². The second kappa shape index (κ2) is 4.30. The van der Waals surface area contributed by atoms with Gasteiger partial charge in [0.05, 0.1) is 0 Å². The summed E-state index contributed by atoms with van der Waals surface area (Å²) in [5.74, 6) is 0. The molecule has 0 aliphatic rings. The number of aliphatic hydroxyl groups is 1. The first kappa shape index (κ1) is 11.8. The number of rotatable bonds is 2. The lowest BCUT2D eigenvalue weighted by molar-refractivity contribution is 0.101. The quantitative estimate of drug-likeness (QED) is 0.855. The normalized spacial score (nSPS) is 14.4. The minimum Gasteiger partial charge on any atom is -0.381 e. The van der Waals surface area contributed by atoms with Crippen molar-refractivity contribution in [1.29, 1.82) is 0 Å². The molecule has 2 rings (SSSR count). The summed E-state index contributed by atoms with van der Waals surface area (Å²) >= 11 is 0. The average Bonchev–Trinajstić information content (AvgIpc) is 2.33. The SMILES string of the molecule is Cc1ccc(C)c(C(C)(O)c2cccnc2)c1. The maximum absolute atomic E-state index is 10.7. The van der Waals surface area contributed by atoms with Crippen LogP contribution in [-0.2, 0) is 5.60 Å². The Hall–Kier alpha value is -1.67. The van der Waals surface area contributed by atoms with Crippen LogP contribution in [-0.4, -0.2) is 10.1 Å². The number of aryl methyl sites for hydroxylation is 2. The van der Waals surface area contributed by atoms with Gasteiger partial charge in [-0.2, -0.15) is 0 Å². The van der Waals surface area contributed by atoms with Crippen molar-refractivity contribution in [2.24, 2.45) is 0 Å². The third-order valence-corrected chi connectivity index (χ3v) is 3.14. The molecule has 0 aliphatic carbocycles. The van der Waals surface area contributed by atoms with E-state index in [0.29, 0.717) is 0 Å². The fourth-order valence-corrected chi connectivity index (χ4v) is 2.07. The topological polar surface area (TPSA) is 33.1 Å². The molecular weight excluding hydrogens is 210 g/mol. The zero-order valence-electron chi connectivity index (χ0n) is 10.4. The first-order valence-electron chi connectivity index (χ1n) is 5.72. The summed E-state index contributed by atoms with van der Waals surface area (Å²) in [6, 6.07) is 9.86. The van der Waals surface area contributed by atoms with Gasteiger partial charge in [-0.05, 0) is 38.0 Å². The van der Waals surface area contributed by atoms with Crippen LogP contribution >= 0.6 is 0 Å². The maximum atomic E-state index is 10.7. The highest BCUT2D eigenvalue weighted by molar-refractivity contribution is 5.40. The van der Waals surface area contributed by atoms with Crippen molar-refractivity contribution in [3.8, 4) is 0 Å². The summed E-state index contributed by atoms with van der Waals surface area (Å²) in [7, 11) is 0. The van der Waals surface area contributed by atoms with E-state index >= 15 is 0 Å². The van der Waals surface area contributed by atoms with Crippen LogP contribution < -0.4 is 0 Å². The summed E-state index contributed by atoms with van der Waals surface area (Å²) in [6.45, 7) is 5.85. The Balaban J connectivity index is 2.55. The maximum Gasteiger partial charge on any atom is 0.114 e. The average molecular weight is 227 g/mol. The second-order valence-corrected chi connectivity index (χ2v) is 4.63. The molecule has 0 aliphatic heterocycles. The third-order valence-electron chi connectivity index (χ3n) is 3.14. The Kier molecular flexibility index (Phi) is 2.99. The number of hydrogen-bond donors (Lipinski definition) is 1. The van der Waals surface area contributed by atoms with Gasteiger partial charge in [0.25, 0.3) is 0 Å². The Morgan fingerprint density at radius 3 is 2.59 bits per heavy atom. The zero-order chi connectivity index (χ0) is 12.5. The van der Waals surface area contributed by atoms with Crippen molar-refractivity contribution >= 4 is 0 Å². The van der Waals surface area contributed by atoms with E-state index in [9.17, 15) is 5.11 Å². The van der Waals surface area contributed by atoms with Crippen LogP contribution in [0.4, 0.5) is 0 Å². The highest BCUT2D eigenvalue weighted by atomic mass is 16.3. The first-order valence-corrected chi connectivity index (χ1v) is 5.72.